The van der Waals surface area contributed by atoms with Gasteiger partial charge in [-0.1, -0.05) is 66.7 Å². The maximum absolute atomic E-state index is 12.5. The lowest BCUT2D eigenvalue weighted by Crippen LogP contribution is -2.32. The quantitative estimate of drug-likeness (QED) is 0.269. The van der Waals surface area contributed by atoms with Gasteiger partial charge in [0.05, 0.1) is 6.21 Å². The monoisotopic (exact) mass is 401 g/mol. The number of rotatable bonds is 7. The Labute approximate surface area is 173 Å². The zero-order valence-electron chi connectivity index (χ0n) is 15.5. The van der Waals surface area contributed by atoms with Crippen LogP contribution in [0.5, 0.6) is 0 Å². The SMILES string of the molecule is O=C(N/N=C\c1cccs1)/C(=C/C=C/c1ccccc1)NC(=O)c1ccccc1. The lowest BCUT2D eigenvalue weighted by Gasteiger charge is -2.08. The van der Waals surface area contributed by atoms with Crippen LogP contribution in [-0.2, 0) is 4.79 Å². The molecule has 0 bridgehead atoms. The molecule has 144 valence electrons. The van der Waals surface area contributed by atoms with Crippen molar-refractivity contribution in [3.8, 4) is 0 Å². The van der Waals surface area contributed by atoms with Crippen molar-refractivity contribution >= 4 is 35.4 Å². The standard InChI is InChI=1S/C23H19N3O2S/c27-22(19-12-5-2-6-13-19)25-21(15-7-11-18-9-3-1-4-10-18)23(28)26-24-17-20-14-8-16-29-20/h1-17H,(H,25,27)(H,26,28)/b11-7+,21-15-,24-17-. The topological polar surface area (TPSA) is 70.6 Å². The lowest BCUT2D eigenvalue weighted by molar-refractivity contribution is -0.117. The van der Waals surface area contributed by atoms with Crippen LogP contribution in [0.15, 0.2) is 101 Å². The summed E-state index contributed by atoms with van der Waals surface area (Å²) < 4.78 is 0. The molecule has 2 N–H and O–H groups in total. The number of nitrogens with one attached hydrogen (secondary N) is 2. The Morgan fingerprint density at radius 2 is 1.62 bits per heavy atom. The number of benzene rings is 2. The van der Waals surface area contributed by atoms with E-state index in [-0.39, 0.29) is 11.6 Å². The number of thiophene rings is 1. The van der Waals surface area contributed by atoms with E-state index in [2.05, 4.69) is 15.8 Å². The van der Waals surface area contributed by atoms with Crippen LogP contribution in [0, 0.1) is 0 Å². The summed E-state index contributed by atoms with van der Waals surface area (Å²) >= 11 is 1.51. The van der Waals surface area contributed by atoms with Crippen LogP contribution in [0.25, 0.3) is 6.08 Å². The largest absolute Gasteiger partial charge is 0.317 e. The van der Waals surface area contributed by atoms with Gasteiger partial charge in [0, 0.05) is 10.4 Å². The fourth-order valence-electron chi connectivity index (χ4n) is 2.36. The molecule has 3 rings (SSSR count). The summed E-state index contributed by atoms with van der Waals surface area (Å²) in [6.45, 7) is 0. The molecule has 6 heteroatoms. The number of carbonyl (C=O) groups excluding carboxylic acids is 2. The molecule has 0 fully saturated rings. The summed E-state index contributed by atoms with van der Waals surface area (Å²) in [6.07, 6.45) is 6.65. The molecule has 0 saturated heterocycles. The van der Waals surface area contributed by atoms with Gasteiger partial charge in [-0.3, -0.25) is 9.59 Å². The molecule has 29 heavy (non-hydrogen) atoms. The number of carbonyl (C=O) groups is 2. The van der Waals surface area contributed by atoms with Crippen molar-refractivity contribution in [1.82, 2.24) is 10.7 Å². The molecule has 0 aliphatic rings. The van der Waals surface area contributed by atoms with E-state index in [1.807, 2.05) is 60.0 Å². The third-order valence-corrected chi connectivity index (χ3v) is 4.59. The van der Waals surface area contributed by atoms with Crippen LogP contribution in [-0.4, -0.2) is 18.0 Å². The molecule has 2 amide bonds. The van der Waals surface area contributed by atoms with Gasteiger partial charge in [-0.2, -0.15) is 5.10 Å². The second-order valence-corrected chi connectivity index (χ2v) is 6.86. The third kappa shape index (κ3) is 6.41. The van der Waals surface area contributed by atoms with Crippen LogP contribution < -0.4 is 10.7 Å². The highest BCUT2D eigenvalue weighted by atomic mass is 32.1. The first-order valence-corrected chi connectivity index (χ1v) is 9.77. The number of amides is 2. The Morgan fingerprint density at radius 3 is 2.31 bits per heavy atom. The summed E-state index contributed by atoms with van der Waals surface area (Å²) in [5.41, 5.74) is 3.98. The molecule has 0 aliphatic carbocycles. The van der Waals surface area contributed by atoms with Crippen molar-refractivity contribution in [2.24, 2.45) is 5.10 Å². The molecule has 0 atom stereocenters. The maximum Gasteiger partial charge on any atom is 0.287 e. The number of hydrazone groups is 1. The summed E-state index contributed by atoms with van der Waals surface area (Å²) in [6, 6.07) is 22.2. The molecule has 5 nitrogen and oxygen atoms in total. The minimum atomic E-state index is -0.514. The highest BCUT2D eigenvalue weighted by Crippen LogP contribution is 2.05. The zero-order chi connectivity index (χ0) is 20.3. The Kier molecular flexibility index (Phi) is 7.26. The molecular weight excluding hydrogens is 382 g/mol. The van der Waals surface area contributed by atoms with Gasteiger partial charge >= 0.3 is 0 Å². The molecule has 0 aliphatic heterocycles. The van der Waals surface area contributed by atoms with Crippen LogP contribution >= 0.6 is 11.3 Å². The van der Waals surface area contributed by atoms with Gasteiger partial charge in [0.2, 0.25) is 0 Å². The van der Waals surface area contributed by atoms with Crippen molar-refractivity contribution in [3.05, 3.63) is 112 Å². The normalized spacial score (nSPS) is 11.7. The smallest absolute Gasteiger partial charge is 0.287 e. The second-order valence-electron chi connectivity index (χ2n) is 5.88. The van der Waals surface area contributed by atoms with Gasteiger partial charge in [-0.15, -0.1) is 11.3 Å². The van der Waals surface area contributed by atoms with Crippen LogP contribution in [0.3, 0.4) is 0 Å². The second kappa shape index (κ2) is 10.5. The van der Waals surface area contributed by atoms with Crippen LogP contribution in [0.1, 0.15) is 20.8 Å². The maximum atomic E-state index is 12.5. The third-order valence-electron chi connectivity index (χ3n) is 3.78. The highest BCUT2D eigenvalue weighted by molar-refractivity contribution is 7.11. The van der Waals surface area contributed by atoms with Crippen molar-refractivity contribution in [2.45, 2.75) is 0 Å². The lowest BCUT2D eigenvalue weighted by atomic mass is 10.2. The average Bonchev–Trinajstić information content (AvgIpc) is 3.28. The first-order valence-electron chi connectivity index (χ1n) is 8.89. The van der Waals surface area contributed by atoms with E-state index in [0.717, 1.165) is 10.4 Å². The minimum absolute atomic E-state index is 0.0920. The molecular formula is C23H19N3O2S. The van der Waals surface area contributed by atoms with Gasteiger partial charge < -0.3 is 5.32 Å². The van der Waals surface area contributed by atoms with E-state index in [4.69, 9.17) is 0 Å². The summed E-state index contributed by atoms with van der Waals surface area (Å²) in [4.78, 5) is 25.9. The van der Waals surface area contributed by atoms with Crippen molar-refractivity contribution in [2.75, 3.05) is 0 Å². The van der Waals surface area contributed by atoms with E-state index in [1.165, 1.54) is 11.3 Å². The van der Waals surface area contributed by atoms with Gasteiger partial charge in [0.1, 0.15) is 5.70 Å². The van der Waals surface area contributed by atoms with Crippen molar-refractivity contribution in [3.63, 3.8) is 0 Å². The number of hydrogen-bond donors (Lipinski definition) is 2. The Morgan fingerprint density at radius 1 is 0.897 bits per heavy atom. The van der Waals surface area contributed by atoms with Crippen LogP contribution in [0.4, 0.5) is 0 Å². The fraction of sp³-hybridized carbons (Fsp3) is 0. The van der Waals surface area contributed by atoms with E-state index in [1.54, 1.807) is 42.6 Å². The molecule has 0 radical (unpaired) electrons. The van der Waals surface area contributed by atoms with Crippen molar-refractivity contribution in [1.29, 1.82) is 0 Å². The van der Waals surface area contributed by atoms with Gasteiger partial charge in [0.15, 0.2) is 0 Å². The van der Waals surface area contributed by atoms with Gasteiger partial charge in [-0.05, 0) is 35.2 Å². The van der Waals surface area contributed by atoms with E-state index >= 15 is 0 Å². The predicted octanol–water partition coefficient (Wildman–Crippen LogP) is 4.23. The number of hydrogen-bond acceptors (Lipinski definition) is 4. The Balaban J connectivity index is 1.74. The molecule has 0 unspecified atom stereocenters. The van der Waals surface area contributed by atoms with E-state index in [9.17, 15) is 9.59 Å². The first-order chi connectivity index (χ1) is 14.2. The molecule has 0 saturated carbocycles. The molecule has 0 spiro atoms. The minimum Gasteiger partial charge on any atom is -0.317 e. The van der Waals surface area contributed by atoms with E-state index in [0.29, 0.717) is 5.56 Å². The predicted molar refractivity (Wildman–Crippen MR) is 118 cm³/mol. The first kappa shape index (κ1) is 20.0. The Hall–Kier alpha value is -3.77. The van der Waals surface area contributed by atoms with Gasteiger partial charge in [0.25, 0.3) is 11.8 Å². The number of nitrogens with zero attached hydrogens (tertiary/aromatic N) is 1. The van der Waals surface area contributed by atoms with Crippen molar-refractivity contribution < 1.29 is 9.59 Å². The van der Waals surface area contributed by atoms with E-state index < -0.39 is 5.91 Å². The Bertz CT molecular complexity index is 1020. The van der Waals surface area contributed by atoms with Gasteiger partial charge in [-0.25, -0.2) is 5.43 Å². The number of allylic oxidation sites excluding steroid dienone is 2. The molecule has 1 heterocycles. The molecule has 2 aromatic carbocycles. The van der Waals surface area contributed by atoms with Crippen LogP contribution in [0.2, 0.25) is 0 Å². The molecule has 1 aromatic heterocycles. The zero-order valence-corrected chi connectivity index (χ0v) is 16.3. The molecule has 3 aromatic rings. The summed E-state index contributed by atoms with van der Waals surface area (Å²) in [5.74, 6) is -0.887. The fourth-order valence-corrected chi connectivity index (χ4v) is 2.94. The summed E-state index contributed by atoms with van der Waals surface area (Å²) in [7, 11) is 0. The average molecular weight is 401 g/mol. The summed E-state index contributed by atoms with van der Waals surface area (Å²) in [5, 5.41) is 8.52. The highest BCUT2D eigenvalue weighted by Gasteiger charge is 2.13.